The highest BCUT2D eigenvalue weighted by Crippen LogP contribution is 2.34. The van der Waals surface area contributed by atoms with Crippen molar-refractivity contribution in [2.24, 2.45) is 13.0 Å². The molecule has 1 fully saturated rings. The molecule has 1 aromatic heterocycles. The Morgan fingerprint density at radius 2 is 1.81 bits per heavy atom. The molecule has 1 aliphatic heterocycles. The van der Waals surface area contributed by atoms with Gasteiger partial charge in [-0.1, -0.05) is 55.8 Å². The van der Waals surface area contributed by atoms with Crippen molar-refractivity contribution in [1.29, 1.82) is 0 Å². The number of carboxylic acids is 1. The summed E-state index contributed by atoms with van der Waals surface area (Å²) in [6.07, 6.45) is 0. The van der Waals surface area contributed by atoms with Gasteiger partial charge in [0.25, 0.3) is 5.91 Å². The van der Waals surface area contributed by atoms with Crippen molar-refractivity contribution < 1.29 is 19.4 Å². The Hall–Kier alpha value is -2.83. The number of carbonyl (C=O) groups is 2. The summed E-state index contributed by atoms with van der Waals surface area (Å²) in [5.41, 5.74) is 3.35. The van der Waals surface area contributed by atoms with E-state index in [0.717, 1.165) is 27.6 Å². The minimum Gasteiger partial charge on any atom is -0.481 e. The molecule has 1 atom stereocenters. The van der Waals surface area contributed by atoms with Crippen LogP contribution in [0.3, 0.4) is 0 Å². The molecule has 0 saturated carbocycles. The zero-order chi connectivity index (χ0) is 23.2. The lowest BCUT2D eigenvalue weighted by atomic mass is 9.84. The first-order valence-corrected chi connectivity index (χ1v) is 11.0. The van der Waals surface area contributed by atoms with Crippen LogP contribution in [0.2, 0.25) is 5.02 Å². The smallest absolute Gasteiger partial charge is 0.311 e. The van der Waals surface area contributed by atoms with E-state index >= 15 is 0 Å². The standard InChI is InChI=1S/C25H27ClN2O4/c1-14(2)21(24(30)31)16-6-8-17(9-7-16)25(12-32-13-25)27-23(29)20-11-18-19(28(20)4)10-5-15(3)22(18)26/h5-11,14,21H,12-13H2,1-4H3,(H,27,29)(H,30,31)/t21-/m0/s1. The molecule has 0 spiro atoms. The number of aromatic nitrogens is 1. The van der Waals surface area contributed by atoms with E-state index in [0.29, 0.717) is 23.9 Å². The van der Waals surface area contributed by atoms with Crippen LogP contribution in [0, 0.1) is 12.8 Å². The van der Waals surface area contributed by atoms with Crippen LogP contribution in [0.4, 0.5) is 0 Å². The minimum atomic E-state index is -0.840. The summed E-state index contributed by atoms with van der Waals surface area (Å²) in [5.74, 6) is -1.65. The van der Waals surface area contributed by atoms with E-state index in [4.69, 9.17) is 16.3 Å². The first-order chi connectivity index (χ1) is 15.1. The van der Waals surface area contributed by atoms with Gasteiger partial charge in [0.05, 0.1) is 24.2 Å². The van der Waals surface area contributed by atoms with Gasteiger partial charge in [-0.2, -0.15) is 0 Å². The topological polar surface area (TPSA) is 80.6 Å². The summed E-state index contributed by atoms with van der Waals surface area (Å²) in [5, 5.41) is 14.2. The Labute approximate surface area is 192 Å². The summed E-state index contributed by atoms with van der Waals surface area (Å²) in [6, 6.07) is 13.2. The first-order valence-electron chi connectivity index (χ1n) is 10.6. The maximum atomic E-state index is 13.3. The molecule has 168 valence electrons. The molecule has 1 saturated heterocycles. The third-order valence-electron chi connectivity index (χ3n) is 6.39. The van der Waals surface area contributed by atoms with Crippen LogP contribution in [0.5, 0.6) is 0 Å². The number of halogens is 1. The lowest BCUT2D eigenvalue weighted by Crippen LogP contribution is -2.59. The zero-order valence-electron chi connectivity index (χ0n) is 18.6. The number of benzene rings is 2. The molecule has 2 heterocycles. The lowest BCUT2D eigenvalue weighted by Gasteiger charge is -2.42. The fourth-order valence-electron chi connectivity index (χ4n) is 4.42. The number of hydrogen-bond donors (Lipinski definition) is 2. The predicted molar refractivity (Wildman–Crippen MR) is 124 cm³/mol. The van der Waals surface area contributed by atoms with Crippen molar-refractivity contribution in [1.82, 2.24) is 9.88 Å². The van der Waals surface area contributed by atoms with Crippen LogP contribution in [0.25, 0.3) is 10.9 Å². The average Bonchev–Trinajstić information content (AvgIpc) is 3.05. The van der Waals surface area contributed by atoms with Crippen LogP contribution in [0.1, 0.15) is 46.9 Å². The van der Waals surface area contributed by atoms with Crippen LogP contribution in [-0.4, -0.2) is 34.8 Å². The summed E-state index contributed by atoms with van der Waals surface area (Å²) in [6.45, 7) is 6.44. The molecular formula is C25H27ClN2O4. The van der Waals surface area contributed by atoms with Gasteiger partial charge in [0.2, 0.25) is 0 Å². The molecule has 3 aromatic rings. The maximum Gasteiger partial charge on any atom is 0.311 e. The molecule has 6 nitrogen and oxygen atoms in total. The molecule has 32 heavy (non-hydrogen) atoms. The van der Waals surface area contributed by atoms with Gasteiger partial charge in [-0.15, -0.1) is 0 Å². The fraction of sp³-hybridized carbons (Fsp3) is 0.360. The molecule has 1 aliphatic rings. The van der Waals surface area contributed by atoms with Crippen molar-refractivity contribution in [3.05, 3.63) is 69.9 Å². The highest BCUT2D eigenvalue weighted by molar-refractivity contribution is 6.36. The molecular weight excluding hydrogens is 428 g/mol. The number of hydrogen-bond acceptors (Lipinski definition) is 3. The second-order valence-electron chi connectivity index (χ2n) is 8.93. The number of amides is 1. The molecule has 0 radical (unpaired) electrons. The van der Waals surface area contributed by atoms with Gasteiger partial charge in [0.15, 0.2) is 0 Å². The van der Waals surface area contributed by atoms with Crippen molar-refractivity contribution >= 4 is 34.4 Å². The number of fused-ring (bicyclic) bond motifs is 1. The Kier molecular flexibility index (Phi) is 5.77. The number of nitrogens with one attached hydrogen (secondary N) is 1. The Bertz CT molecular complexity index is 1190. The maximum absolute atomic E-state index is 13.3. The second kappa shape index (κ2) is 8.26. The fourth-order valence-corrected chi connectivity index (χ4v) is 4.64. The van der Waals surface area contributed by atoms with Crippen molar-refractivity contribution in [3.63, 3.8) is 0 Å². The molecule has 0 unspecified atom stereocenters. The third kappa shape index (κ3) is 3.67. The lowest BCUT2D eigenvalue weighted by molar-refractivity contribution is -0.139. The zero-order valence-corrected chi connectivity index (χ0v) is 19.4. The summed E-state index contributed by atoms with van der Waals surface area (Å²) < 4.78 is 7.31. The number of ether oxygens (including phenoxy) is 1. The van der Waals surface area contributed by atoms with Gasteiger partial charge in [0, 0.05) is 18.0 Å². The highest BCUT2D eigenvalue weighted by Gasteiger charge is 2.42. The van der Waals surface area contributed by atoms with Crippen molar-refractivity contribution in [3.8, 4) is 0 Å². The number of aliphatic carboxylic acids is 1. The molecule has 0 bridgehead atoms. The summed E-state index contributed by atoms with van der Waals surface area (Å²) in [7, 11) is 1.85. The molecule has 4 rings (SSSR count). The number of nitrogens with zero attached hydrogens (tertiary/aromatic N) is 1. The van der Waals surface area contributed by atoms with E-state index in [1.165, 1.54) is 0 Å². The molecule has 2 N–H and O–H groups in total. The van der Waals surface area contributed by atoms with Crippen LogP contribution in [0.15, 0.2) is 42.5 Å². The van der Waals surface area contributed by atoms with E-state index < -0.39 is 17.4 Å². The van der Waals surface area contributed by atoms with E-state index in [1.807, 2.05) is 74.9 Å². The monoisotopic (exact) mass is 454 g/mol. The SMILES string of the molecule is Cc1ccc2c(cc(C(=O)NC3(c4ccc([C@@H](C(=O)O)C(C)C)cc4)COC3)n2C)c1Cl. The van der Waals surface area contributed by atoms with Crippen molar-refractivity contribution in [2.75, 3.05) is 13.2 Å². The average molecular weight is 455 g/mol. The quantitative estimate of drug-likeness (QED) is 0.569. The van der Waals surface area contributed by atoms with E-state index in [1.54, 1.807) is 0 Å². The molecule has 2 aromatic carbocycles. The largest absolute Gasteiger partial charge is 0.481 e. The van der Waals surface area contributed by atoms with E-state index in [-0.39, 0.29) is 11.8 Å². The third-order valence-corrected chi connectivity index (χ3v) is 6.89. The highest BCUT2D eigenvalue weighted by atomic mass is 35.5. The Balaban J connectivity index is 1.63. The summed E-state index contributed by atoms with van der Waals surface area (Å²) in [4.78, 5) is 24.9. The number of rotatable bonds is 6. The van der Waals surface area contributed by atoms with E-state index in [2.05, 4.69) is 5.32 Å². The van der Waals surface area contributed by atoms with Crippen molar-refractivity contribution in [2.45, 2.75) is 32.2 Å². The van der Waals surface area contributed by atoms with Crippen LogP contribution < -0.4 is 5.32 Å². The second-order valence-corrected chi connectivity index (χ2v) is 9.31. The van der Waals surface area contributed by atoms with Crippen LogP contribution >= 0.6 is 11.6 Å². The Morgan fingerprint density at radius 1 is 1.16 bits per heavy atom. The van der Waals surface area contributed by atoms with E-state index in [9.17, 15) is 14.7 Å². The number of carbonyl (C=O) groups excluding carboxylic acids is 1. The van der Waals surface area contributed by atoms with Gasteiger partial charge < -0.3 is 19.7 Å². The predicted octanol–water partition coefficient (Wildman–Crippen LogP) is 4.62. The number of aryl methyl sites for hydroxylation is 2. The minimum absolute atomic E-state index is 0.0269. The first kappa shape index (κ1) is 22.4. The van der Waals surface area contributed by atoms with Gasteiger partial charge in [0.1, 0.15) is 11.2 Å². The van der Waals surface area contributed by atoms with Gasteiger partial charge in [-0.3, -0.25) is 9.59 Å². The normalized spacial score (nSPS) is 16.1. The summed E-state index contributed by atoms with van der Waals surface area (Å²) >= 11 is 6.46. The van der Waals surface area contributed by atoms with Crippen LogP contribution in [-0.2, 0) is 22.1 Å². The van der Waals surface area contributed by atoms with Gasteiger partial charge >= 0.3 is 5.97 Å². The van der Waals surface area contributed by atoms with Gasteiger partial charge in [-0.05, 0) is 41.7 Å². The van der Waals surface area contributed by atoms with Gasteiger partial charge in [-0.25, -0.2) is 0 Å². The molecule has 1 amide bonds. The molecule has 7 heteroatoms. The Morgan fingerprint density at radius 3 is 2.34 bits per heavy atom. The number of carboxylic acid groups (broad SMARTS) is 1. The molecule has 0 aliphatic carbocycles.